The molecule has 0 aromatic carbocycles. The molecule has 10 nitrogen and oxygen atoms in total. The quantitative estimate of drug-likeness (QED) is 0.0317. The fourth-order valence-electron chi connectivity index (χ4n) is 5.72. The molecule has 0 aliphatic rings. The number of phosphoric ester groups is 1. The van der Waals surface area contributed by atoms with Gasteiger partial charge in [-0.15, -0.1) is 0 Å². The van der Waals surface area contributed by atoms with Crippen molar-refractivity contribution in [3.05, 3.63) is 0 Å². The number of carbonyl (C=O) groups is 2. The molecule has 0 aromatic rings. The molecule has 1 unspecified atom stereocenters. The zero-order chi connectivity index (χ0) is 36.3. The molecule has 0 radical (unpaired) electrons. The molecular formula is C38H76NO9P. The van der Waals surface area contributed by atoms with Gasteiger partial charge in [-0.05, 0) is 12.8 Å². The fourth-order valence-corrected chi connectivity index (χ4v) is 6.50. The molecule has 0 saturated heterocycles. The summed E-state index contributed by atoms with van der Waals surface area (Å²) in [6.07, 6.45) is 33.3. The van der Waals surface area contributed by atoms with E-state index in [0.29, 0.717) is 13.0 Å². The number of carboxylic acids is 1. The molecule has 0 amide bonds. The molecule has 0 rings (SSSR count). The second-order valence-corrected chi connectivity index (χ2v) is 15.2. The molecule has 0 saturated carbocycles. The molecular weight excluding hydrogens is 645 g/mol. The molecule has 292 valence electrons. The van der Waals surface area contributed by atoms with Gasteiger partial charge in [-0.25, -0.2) is 4.57 Å². The lowest BCUT2D eigenvalue weighted by Crippen LogP contribution is -2.34. The molecule has 0 aliphatic heterocycles. The van der Waals surface area contributed by atoms with Crippen LogP contribution < -0.4 is 5.73 Å². The van der Waals surface area contributed by atoms with Gasteiger partial charge in [0.2, 0.25) is 0 Å². The van der Waals surface area contributed by atoms with Crippen molar-refractivity contribution in [3.8, 4) is 0 Å². The summed E-state index contributed by atoms with van der Waals surface area (Å²) in [5, 5.41) is 8.85. The second kappa shape index (κ2) is 35.4. The monoisotopic (exact) mass is 722 g/mol. The topological polar surface area (TPSA) is 155 Å². The maximum atomic E-state index is 12.4. The lowest BCUT2D eigenvalue weighted by atomic mass is 10.0. The third-order valence-corrected chi connectivity index (χ3v) is 9.84. The van der Waals surface area contributed by atoms with Crippen LogP contribution in [-0.2, 0) is 32.7 Å². The average Bonchev–Trinajstić information content (AvgIpc) is 3.07. The van der Waals surface area contributed by atoms with Crippen LogP contribution in [0.1, 0.15) is 194 Å². The summed E-state index contributed by atoms with van der Waals surface area (Å²) in [6, 6.07) is -1.47. The van der Waals surface area contributed by atoms with Crippen LogP contribution in [0, 0.1) is 0 Å². The van der Waals surface area contributed by atoms with Crippen molar-refractivity contribution in [3.63, 3.8) is 0 Å². The summed E-state index contributed by atoms with van der Waals surface area (Å²) in [4.78, 5) is 33.2. The largest absolute Gasteiger partial charge is 0.480 e. The Morgan fingerprint density at radius 1 is 0.571 bits per heavy atom. The van der Waals surface area contributed by atoms with Gasteiger partial charge in [0, 0.05) is 13.0 Å². The van der Waals surface area contributed by atoms with Gasteiger partial charge in [-0.3, -0.25) is 18.6 Å². The minimum Gasteiger partial charge on any atom is -0.480 e. The molecule has 49 heavy (non-hydrogen) atoms. The first-order valence-electron chi connectivity index (χ1n) is 20.1. The number of ether oxygens (including phenoxy) is 2. The lowest BCUT2D eigenvalue weighted by Gasteiger charge is -2.20. The Hall–Kier alpha value is -1.03. The highest BCUT2D eigenvalue weighted by Crippen LogP contribution is 2.43. The van der Waals surface area contributed by atoms with Crippen molar-refractivity contribution in [1.29, 1.82) is 0 Å². The van der Waals surface area contributed by atoms with Gasteiger partial charge in [0.25, 0.3) is 0 Å². The summed E-state index contributed by atoms with van der Waals surface area (Å²) in [5.41, 5.74) is 5.33. The summed E-state index contributed by atoms with van der Waals surface area (Å²) in [5.74, 6) is -1.78. The Morgan fingerprint density at radius 2 is 0.939 bits per heavy atom. The lowest BCUT2D eigenvalue weighted by molar-refractivity contribution is -0.154. The maximum absolute atomic E-state index is 12.4. The maximum Gasteiger partial charge on any atom is 0.472 e. The summed E-state index contributed by atoms with van der Waals surface area (Å²) in [7, 11) is -4.60. The summed E-state index contributed by atoms with van der Waals surface area (Å²) < 4.78 is 33.1. The Morgan fingerprint density at radius 3 is 1.35 bits per heavy atom. The van der Waals surface area contributed by atoms with Crippen LogP contribution in [0.3, 0.4) is 0 Å². The van der Waals surface area contributed by atoms with E-state index in [1.54, 1.807) is 0 Å². The average molecular weight is 722 g/mol. The van der Waals surface area contributed by atoms with Gasteiger partial charge in [0.1, 0.15) is 12.1 Å². The van der Waals surface area contributed by atoms with Crippen LogP contribution in [0.15, 0.2) is 0 Å². The number of carboxylic acid groups (broad SMARTS) is 1. The van der Waals surface area contributed by atoms with E-state index in [1.165, 1.54) is 128 Å². The second-order valence-electron chi connectivity index (χ2n) is 13.8. The predicted octanol–water partition coefficient (Wildman–Crippen LogP) is 10.4. The number of nitrogens with two attached hydrogens (primary N) is 1. The van der Waals surface area contributed by atoms with Gasteiger partial charge in [-0.1, -0.05) is 174 Å². The van der Waals surface area contributed by atoms with E-state index in [2.05, 4.69) is 18.4 Å². The van der Waals surface area contributed by atoms with Crippen LogP contribution in [0.4, 0.5) is 0 Å². The molecule has 0 spiro atoms. The first-order valence-corrected chi connectivity index (χ1v) is 21.6. The first-order chi connectivity index (χ1) is 23.7. The van der Waals surface area contributed by atoms with Crippen molar-refractivity contribution in [2.75, 3.05) is 26.4 Å². The van der Waals surface area contributed by atoms with Crippen LogP contribution in [0.25, 0.3) is 0 Å². The minimum absolute atomic E-state index is 0.0243. The van der Waals surface area contributed by atoms with Gasteiger partial charge in [0.05, 0.1) is 19.8 Å². The Kier molecular flexibility index (Phi) is 34.6. The summed E-state index contributed by atoms with van der Waals surface area (Å²) >= 11 is 0. The molecule has 0 bridgehead atoms. The van der Waals surface area contributed by atoms with E-state index in [1.807, 2.05) is 0 Å². The zero-order valence-electron chi connectivity index (χ0n) is 31.6. The normalized spacial score (nSPS) is 14.0. The Bertz CT molecular complexity index is 801. The van der Waals surface area contributed by atoms with Crippen molar-refractivity contribution < 1.29 is 42.7 Å². The fraction of sp³-hybridized carbons (Fsp3) is 0.947. The van der Waals surface area contributed by atoms with Crippen LogP contribution >= 0.6 is 7.82 Å². The smallest absolute Gasteiger partial charge is 0.472 e. The van der Waals surface area contributed by atoms with E-state index in [4.69, 9.17) is 24.8 Å². The minimum atomic E-state index is -4.60. The van der Waals surface area contributed by atoms with E-state index < -0.39 is 45.1 Å². The van der Waals surface area contributed by atoms with Crippen LogP contribution in [-0.4, -0.2) is 60.5 Å². The van der Waals surface area contributed by atoms with Gasteiger partial charge >= 0.3 is 19.8 Å². The molecule has 3 atom stereocenters. The van der Waals surface area contributed by atoms with Crippen molar-refractivity contribution in [2.24, 2.45) is 5.73 Å². The SMILES string of the molecule is CCCCCCCCCCCCCCCCCCCCCCOC[C@H](COP(=O)(O)OC[C@H](N)C(=O)O)OC(=O)CCCCCCCCC. The third kappa shape index (κ3) is 35.2. The zero-order valence-corrected chi connectivity index (χ0v) is 32.5. The highest BCUT2D eigenvalue weighted by molar-refractivity contribution is 7.47. The number of unbranched alkanes of at least 4 members (excludes halogenated alkanes) is 25. The van der Waals surface area contributed by atoms with E-state index in [0.717, 1.165) is 38.5 Å². The number of phosphoric acid groups is 1. The van der Waals surface area contributed by atoms with E-state index in [-0.39, 0.29) is 13.0 Å². The van der Waals surface area contributed by atoms with Gasteiger partial charge in [0.15, 0.2) is 0 Å². The summed E-state index contributed by atoms with van der Waals surface area (Å²) in [6.45, 7) is 3.86. The molecule has 4 N–H and O–H groups in total. The van der Waals surface area contributed by atoms with Crippen LogP contribution in [0.2, 0.25) is 0 Å². The van der Waals surface area contributed by atoms with Crippen molar-refractivity contribution in [1.82, 2.24) is 0 Å². The number of rotatable bonds is 39. The Balaban J connectivity index is 4.04. The van der Waals surface area contributed by atoms with E-state index >= 15 is 0 Å². The molecule has 11 heteroatoms. The first kappa shape index (κ1) is 48.0. The third-order valence-electron chi connectivity index (χ3n) is 8.89. The van der Waals surface area contributed by atoms with Crippen molar-refractivity contribution in [2.45, 2.75) is 206 Å². The Labute approximate surface area is 299 Å². The number of aliphatic carboxylic acids is 1. The predicted molar refractivity (Wildman–Crippen MR) is 199 cm³/mol. The number of carbonyl (C=O) groups excluding carboxylic acids is 1. The molecule has 0 fully saturated rings. The highest BCUT2D eigenvalue weighted by atomic mass is 31.2. The number of hydrogen-bond donors (Lipinski definition) is 3. The van der Waals surface area contributed by atoms with Crippen molar-refractivity contribution >= 4 is 19.8 Å². The molecule has 0 aromatic heterocycles. The van der Waals surface area contributed by atoms with Crippen LogP contribution in [0.5, 0.6) is 0 Å². The standard InChI is InChI=1S/C38H76NO9P/c1-3-5-7-9-11-12-13-14-15-16-17-18-19-20-21-22-23-25-27-29-31-45-32-35(33-46-49(43,44)47-34-36(39)38(41)42)48-37(40)30-28-26-24-10-8-6-4-2/h35-36H,3-34,39H2,1-2H3,(H,41,42)(H,43,44)/t35-,36+/m1/s1. The van der Waals surface area contributed by atoms with E-state index in [9.17, 15) is 19.0 Å². The highest BCUT2D eigenvalue weighted by Gasteiger charge is 2.27. The molecule has 0 heterocycles. The van der Waals surface area contributed by atoms with Gasteiger partial charge in [-0.2, -0.15) is 0 Å². The molecule has 0 aliphatic carbocycles. The van der Waals surface area contributed by atoms with Gasteiger partial charge < -0.3 is 25.2 Å². The number of hydrogen-bond acceptors (Lipinski definition) is 8. The number of esters is 1.